The Bertz CT molecular complexity index is 595. The van der Waals surface area contributed by atoms with Gasteiger partial charge in [0.2, 0.25) is 0 Å². The van der Waals surface area contributed by atoms with Crippen molar-refractivity contribution in [2.45, 2.75) is 34.2 Å². The molecule has 0 unspecified atom stereocenters. The summed E-state index contributed by atoms with van der Waals surface area (Å²) in [5, 5.41) is 6.64. The number of nitrogens with zero attached hydrogens (tertiary/aromatic N) is 3. The molecule has 106 valence electrons. The fourth-order valence-electron chi connectivity index (χ4n) is 2.00. The number of hydrogen-bond acceptors (Lipinski definition) is 5. The average molecular weight is 271 g/mol. The summed E-state index contributed by atoms with van der Waals surface area (Å²) in [6.07, 6.45) is 3.69. The van der Waals surface area contributed by atoms with E-state index in [0.717, 1.165) is 29.6 Å². The largest absolute Gasteiger partial charge is 0.370 e. The highest BCUT2D eigenvalue weighted by Gasteiger charge is 2.08. The minimum Gasteiger partial charge on any atom is -0.370 e. The van der Waals surface area contributed by atoms with E-state index in [9.17, 15) is 0 Å². The smallest absolute Gasteiger partial charge is 0.135 e. The van der Waals surface area contributed by atoms with Crippen LogP contribution in [0.25, 0.3) is 0 Å². The number of aromatic nitrogens is 3. The number of hydrogen-bond donors (Lipinski definition) is 2. The van der Waals surface area contributed by atoms with Gasteiger partial charge in [-0.15, -0.1) is 0 Å². The molecule has 20 heavy (non-hydrogen) atoms. The molecule has 0 amide bonds. The Balaban J connectivity index is 2.19. The normalized spacial score (nSPS) is 10.4. The molecule has 2 rings (SSSR count). The van der Waals surface area contributed by atoms with Crippen LogP contribution in [0.3, 0.4) is 0 Å². The second-order valence-corrected chi connectivity index (χ2v) is 4.78. The molecule has 0 aliphatic heterocycles. The van der Waals surface area contributed by atoms with Gasteiger partial charge in [-0.25, -0.2) is 9.97 Å². The van der Waals surface area contributed by atoms with Gasteiger partial charge in [0.15, 0.2) is 0 Å². The molecule has 5 nitrogen and oxygen atoms in total. The molecular formula is C15H21N5. The minimum absolute atomic E-state index is 0.711. The maximum atomic E-state index is 4.48. The predicted octanol–water partition coefficient (Wildman–Crippen LogP) is 2.84. The summed E-state index contributed by atoms with van der Waals surface area (Å²) in [6.45, 7) is 9.63. The fraction of sp³-hybridized carbons (Fsp3) is 0.400. The predicted molar refractivity (Wildman–Crippen MR) is 82.0 cm³/mol. The Morgan fingerprint density at radius 3 is 2.40 bits per heavy atom. The molecule has 0 spiro atoms. The maximum absolute atomic E-state index is 4.48. The van der Waals surface area contributed by atoms with Crippen molar-refractivity contribution in [3.05, 3.63) is 41.0 Å². The standard InChI is InChI=1S/C15H21N5/c1-5-17-14-11(3)15(20-12(4)19-14)18-9-13-8-16-7-6-10(13)2/h6-8H,5,9H2,1-4H3,(H2,17,18,19,20). The van der Waals surface area contributed by atoms with Crippen LogP contribution in [0.2, 0.25) is 0 Å². The fourth-order valence-corrected chi connectivity index (χ4v) is 2.00. The van der Waals surface area contributed by atoms with Crippen LogP contribution in [0.5, 0.6) is 0 Å². The van der Waals surface area contributed by atoms with E-state index in [1.165, 1.54) is 11.1 Å². The number of nitrogens with one attached hydrogen (secondary N) is 2. The van der Waals surface area contributed by atoms with Gasteiger partial charge in [0.1, 0.15) is 17.5 Å². The zero-order valence-electron chi connectivity index (χ0n) is 12.5. The summed E-state index contributed by atoms with van der Waals surface area (Å²) in [5.74, 6) is 2.53. The molecule has 2 aromatic heterocycles. The molecule has 0 aliphatic rings. The Hall–Kier alpha value is -2.17. The summed E-state index contributed by atoms with van der Waals surface area (Å²) in [5.41, 5.74) is 3.44. The summed E-state index contributed by atoms with van der Waals surface area (Å²) < 4.78 is 0. The Morgan fingerprint density at radius 1 is 1.05 bits per heavy atom. The first-order valence-electron chi connectivity index (χ1n) is 6.84. The Morgan fingerprint density at radius 2 is 1.75 bits per heavy atom. The second-order valence-electron chi connectivity index (χ2n) is 4.78. The van der Waals surface area contributed by atoms with E-state index in [4.69, 9.17) is 0 Å². The number of pyridine rings is 1. The molecule has 0 aromatic carbocycles. The van der Waals surface area contributed by atoms with Gasteiger partial charge < -0.3 is 10.6 Å². The first-order valence-corrected chi connectivity index (χ1v) is 6.84. The van der Waals surface area contributed by atoms with Crippen molar-refractivity contribution in [2.24, 2.45) is 0 Å². The lowest BCUT2D eigenvalue weighted by molar-refractivity contribution is 0.985. The van der Waals surface area contributed by atoms with Crippen LogP contribution in [0, 0.1) is 20.8 Å². The van der Waals surface area contributed by atoms with Crippen molar-refractivity contribution in [2.75, 3.05) is 17.2 Å². The number of anilines is 2. The third-order valence-corrected chi connectivity index (χ3v) is 3.20. The van der Waals surface area contributed by atoms with E-state index in [1.807, 2.05) is 32.3 Å². The van der Waals surface area contributed by atoms with Crippen LogP contribution in [0.4, 0.5) is 11.6 Å². The summed E-state index contributed by atoms with van der Waals surface area (Å²) in [6, 6.07) is 2.01. The minimum atomic E-state index is 0.711. The lowest BCUT2D eigenvalue weighted by Gasteiger charge is -2.14. The van der Waals surface area contributed by atoms with Crippen molar-refractivity contribution in [1.82, 2.24) is 15.0 Å². The van der Waals surface area contributed by atoms with E-state index in [-0.39, 0.29) is 0 Å². The van der Waals surface area contributed by atoms with E-state index in [1.54, 1.807) is 0 Å². The molecule has 0 atom stereocenters. The van der Waals surface area contributed by atoms with Crippen LogP contribution >= 0.6 is 0 Å². The van der Waals surface area contributed by atoms with Crippen molar-refractivity contribution < 1.29 is 0 Å². The van der Waals surface area contributed by atoms with Gasteiger partial charge in [0.05, 0.1) is 0 Å². The molecule has 0 fully saturated rings. The molecule has 2 heterocycles. The summed E-state index contributed by atoms with van der Waals surface area (Å²) in [7, 11) is 0. The van der Waals surface area contributed by atoms with Crippen molar-refractivity contribution >= 4 is 11.6 Å². The van der Waals surface area contributed by atoms with Gasteiger partial charge in [-0.05, 0) is 44.9 Å². The van der Waals surface area contributed by atoms with Gasteiger partial charge in [-0.1, -0.05) is 0 Å². The first kappa shape index (κ1) is 14.2. The van der Waals surface area contributed by atoms with Crippen molar-refractivity contribution in [3.8, 4) is 0 Å². The molecule has 2 aromatic rings. The van der Waals surface area contributed by atoms with Crippen LogP contribution in [0.1, 0.15) is 29.4 Å². The van der Waals surface area contributed by atoms with Crippen LogP contribution in [-0.2, 0) is 6.54 Å². The average Bonchev–Trinajstić information content (AvgIpc) is 2.42. The topological polar surface area (TPSA) is 62.7 Å². The molecular weight excluding hydrogens is 250 g/mol. The van der Waals surface area contributed by atoms with Crippen molar-refractivity contribution in [1.29, 1.82) is 0 Å². The van der Waals surface area contributed by atoms with Gasteiger partial charge >= 0.3 is 0 Å². The maximum Gasteiger partial charge on any atom is 0.135 e. The van der Waals surface area contributed by atoms with Crippen molar-refractivity contribution in [3.63, 3.8) is 0 Å². The summed E-state index contributed by atoms with van der Waals surface area (Å²) >= 11 is 0. The molecule has 0 aliphatic carbocycles. The number of aryl methyl sites for hydroxylation is 2. The van der Waals surface area contributed by atoms with E-state index in [2.05, 4.69) is 39.4 Å². The zero-order valence-corrected chi connectivity index (χ0v) is 12.5. The molecule has 0 bridgehead atoms. The molecule has 5 heteroatoms. The highest BCUT2D eigenvalue weighted by atomic mass is 15.1. The molecule has 2 N–H and O–H groups in total. The Kier molecular flexibility index (Phi) is 4.50. The lowest BCUT2D eigenvalue weighted by Crippen LogP contribution is -2.10. The quantitative estimate of drug-likeness (QED) is 0.875. The lowest BCUT2D eigenvalue weighted by atomic mass is 10.1. The van der Waals surface area contributed by atoms with E-state index in [0.29, 0.717) is 6.54 Å². The third-order valence-electron chi connectivity index (χ3n) is 3.20. The van der Waals surface area contributed by atoms with Gasteiger partial charge in [0, 0.05) is 31.0 Å². The Labute approximate surface area is 119 Å². The zero-order chi connectivity index (χ0) is 14.5. The SMILES string of the molecule is CCNc1nc(C)nc(NCc2cnccc2C)c1C. The van der Waals surface area contributed by atoms with E-state index < -0.39 is 0 Å². The highest BCUT2D eigenvalue weighted by molar-refractivity contribution is 5.57. The van der Waals surface area contributed by atoms with Gasteiger partial charge in [-0.3, -0.25) is 4.98 Å². The summed E-state index contributed by atoms with van der Waals surface area (Å²) in [4.78, 5) is 13.1. The first-order chi connectivity index (χ1) is 9.61. The second kappa shape index (κ2) is 6.32. The monoisotopic (exact) mass is 271 g/mol. The van der Waals surface area contributed by atoms with Crippen LogP contribution in [0.15, 0.2) is 18.5 Å². The van der Waals surface area contributed by atoms with Gasteiger partial charge in [-0.2, -0.15) is 0 Å². The molecule has 0 saturated carbocycles. The van der Waals surface area contributed by atoms with Crippen LogP contribution < -0.4 is 10.6 Å². The number of rotatable bonds is 5. The third kappa shape index (κ3) is 3.23. The molecule has 0 radical (unpaired) electrons. The van der Waals surface area contributed by atoms with E-state index >= 15 is 0 Å². The van der Waals surface area contributed by atoms with Crippen LogP contribution in [-0.4, -0.2) is 21.5 Å². The molecule has 0 saturated heterocycles. The van der Waals surface area contributed by atoms with Gasteiger partial charge in [0.25, 0.3) is 0 Å². The highest BCUT2D eigenvalue weighted by Crippen LogP contribution is 2.20.